The van der Waals surface area contributed by atoms with Gasteiger partial charge in [-0.3, -0.25) is 9.48 Å². The Morgan fingerprint density at radius 1 is 1.00 bits per heavy atom. The molecule has 3 N–H and O–H groups in total. The lowest BCUT2D eigenvalue weighted by Gasteiger charge is -2.27. The van der Waals surface area contributed by atoms with Crippen molar-refractivity contribution in [2.75, 3.05) is 59.5 Å². The standard InChI is InChI=1S/C24H22F3N5O2S.C4H10N2/c1-34-18-4-3-16(19(12-18)24(25,26)27)14-32-20-5-2-15(10-17(20)13-29-32)11-21-22(33)30-23(35-21)31-8-6-28-7-9-31;1-2-6-4-3-5-1/h2-5,10-13,28H,6-9,14H2,1H3;5-6H,1-4H2. The Hall–Kier alpha value is -3.39. The van der Waals surface area contributed by atoms with E-state index in [1.165, 1.54) is 35.7 Å². The number of hydrogen-bond donors (Lipinski definition) is 3. The number of fused-ring (bicyclic) bond motifs is 1. The highest BCUT2D eigenvalue weighted by molar-refractivity contribution is 8.18. The van der Waals surface area contributed by atoms with Crippen LogP contribution in [0.1, 0.15) is 16.7 Å². The molecule has 2 aromatic carbocycles. The molecule has 9 nitrogen and oxygen atoms in total. The minimum absolute atomic E-state index is 0.0427. The summed E-state index contributed by atoms with van der Waals surface area (Å²) in [6.07, 6.45) is -1.11. The summed E-state index contributed by atoms with van der Waals surface area (Å²) >= 11 is 1.36. The lowest BCUT2D eigenvalue weighted by Crippen LogP contribution is -2.45. The van der Waals surface area contributed by atoms with E-state index in [4.69, 9.17) is 4.74 Å². The van der Waals surface area contributed by atoms with E-state index in [9.17, 15) is 18.0 Å². The molecule has 1 amide bonds. The van der Waals surface area contributed by atoms with Crippen molar-refractivity contribution in [1.29, 1.82) is 0 Å². The smallest absolute Gasteiger partial charge is 0.416 e. The van der Waals surface area contributed by atoms with Crippen LogP contribution in [0.15, 0.2) is 52.5 Å². The van der Waals surface area contributed by atoms with Gasteiger partial charge in [0.05, 0.1) is 35.8 Å². The number of ether oxygens (including phenoxy) is 1. The Morgan fingerprint density at radius 2 is 1.71 bits per heavy atom. The quantitative estimate of drug-likeness (QED) is 0.401. The molecule has 0 aliphatic carbocycles. The zero-order chi connectivity index (χ0) is 28.8. The molecule has 0 spiro atoms. The fourth-order valence-corrected chi connectivity index (χ4v) is 5.68. The summed E-state index contributed by atoms with van der Waals surface area (Å²) in [5.41, 5.74) is 0.836. The van der Waals surface area contributed by atoms with Gasteiger partial charge < -0.3 is 25.6 Å². The van der Waals surface area contributed by atoms with E-state index in [1.54, 1.807) is 18.3 Å². The Kier molecular flexibility index (Phi) is 9.28. The fourth-order valence-electron chi connectivity index (χ4n) is 4.71. The summed E-state index contributed by atoms with van der Waals surface area (Å²) in [6, 6.07) is 9.40. The van der Waals surface area contributed by atoms with Crippen LogP contribution in [0.2, 0.25) is 0 Å². The molecule has 3 aromatic rings. The Bertz CT molecular complexity index is 1430. The highest BCUT2D eigenvalue weighted by atomic mass is 32.2. The van der Waals surface area contributed by atoms with Crippen LogP contribution < -0.4 is 20.7 Å². The first-order valence-electron chi connectivity index (χ1n) is 13.4. The third-order valence-electron chi connectivity index (χ3n) is 6.86. The number of piperazine rings is 2. The van der Waals surface area contributed by atoms with Crippen LogP contribution in [0.25, 0.3) is 17.0 Å². The SMILES string of the molecule is C1CNCCN1.COc1ccc(Cn2ncc3cc(C=C4SC(N5CCNCC5)=NC4=O)ccc32)c(C(F)(F)F)c1. The Balaban J connectivity index is 0.000000500. The molecule has 4 heterocycles. The molecule has 2 fully saturated rings. The zero-order valence-electron chi connectivity index (χ0n) is 22.6. The van der Waals surface area contributed by atoms with Crippen molar-refractivity contribution in [3.05, 3.63) is 64.2 Å². The van der Waals surface area contributed by atoms with Crippen molar-refractivity contribution in [3.63, 3.8) is 0 Å². The number of nitrogens with zero attached hydrogens (tertiary/aromatic N) is 4. The lowest BCUT2D eigenvalue weighted by molar-refractivity contribution is -0.138. The number of amidine groups is 1. The summed E-state index contributed by atoms with van der Waals surface area (Å²) in [6.45, 7) is 7.84. The number of aromatic nitrogens is 2. The maximum Gasteiger partial charge on any atom is 0.416 e. The monoisotopic (exact) mass is 587 g/mol. The molecule has 0 bridgehead atoms. The number of benzene rings is 2. The van der Waals surface area contributed by atoms with Crippen molar-refractivity contribution >= 4 is 39.8 Å². The number of aliphatic imine (C=N–C) groups is 1. The van der Waals surface area contributed by atoms with Gasteiger partial charge in [0.25, 0.3) is 5.91 Å². The average Bonchev–Trinajstić information content (AvgIpc) is 3.57. The topological polar surface area (TPSA) is 95.8 Å². The second-order valence-corrected chi connectivity index (χ2v) is 10.7. The number of alkyl halides is 3. The largest absolute Gasteiger partial charge is 0.497 e. The van der Waals surface area contributed by atoms with Gasteiger partial charge in [0.1, 0.15) is 5.75 Å². The van der Waals surface area contributed by atoms with Crippen LogP contribution >= 0.6 is 11.8 Å². The highest BCUT2D eigenvalue weighted by Gasteiger charge is 2.34. The zero-order valence-corrected chi connectivity index (χ0v) is 23.4. The molecule has 0 radical (unpaired) electrons. The van der Waals surface area contributed by atoms with Crippen LogP contribution in [-0.2, 0) is 17.5 Å². The van der Waals surface area contributed by atoms with Gasteiger partial charge in [0.15, 0.2) is 5.17 Å². The Labute approximate surface area is 240 Å². The second kappa shape index (κ2) is 13.1. The van der Waals surface area contributed by atoms with Crippen LogP contribution in [0, 0.1) is 0 Å². The number of amides is 1. The van der Waals surface area contributed by atoms with Crippen molar-refractivity contribution in [2.45, 2.75) is 12.7 Å². The molecule has 6 rings (SSSR count). The van der Waals surface area contributed by atoms with Gasteiger partial charge in [0.2, 0.25) is 0 Å². The Morgan fingerprint density at radius 3 is 2.37 bits per heavy atom. The van der Waals surface area contributed by atoms with Crippen molar-refractivity contribution in [2.24, 2.45) is 4.99 Å². The molecule has 41 heavy (non-hydrogen) atoms. The summed E-state index contributed by atoms with van der Waals surface area (Å²) in [7, 11) is 1.33. The normalized spacial score (nSPS) is 18.8. The van der Waals surface area contributed by atoms with Crippen LogP contribution in [0.4, 0.5) is 13.2 Å². The van der Waals surface area contributed by atoms with Crippen molar-refractivity contribution in [1.82, 2.24) is 30.6 Å². The number of methoxy groups -OCH3 is 1. The van der Waals surface area contributed by atoms with E-state index < -0.39 is 11.7 Å². The molecular formula is C28H32F3N7O2S. The number of halogens is 3. The van der Waals surface area contributed by atoms with Gasteiger partial charge in [-0.15, -0.1) is 0 Å². The first-order chi connectivity index (χ1) is 19.8. The molecule has 3 aliphatic rings. The number of hydrogen-bond acceptors (Lipinski definition) is 8. The molecule has 1 aromatic heterocycles. The first kappa shape index (κ1) is 29.1. The maximum absolute atomic E-state index is 13.6. The molecule has 0 unspecified atom stereocenters. The molecule has 218 valence electrons. The van der Waals surface area contributed by atoms with Crippen molar-refractivity contribution in [3.8, 4) is 5.75 Å². The third kappa shape index (κ3) is 7.28. The van der Waals surface area contributed by atoms with E-state index in [1.807, 2.05) is 12.1 Å². The average molecular weight is 588 g/mol. The van der Waals surface area contributed by atoms with Gasteiger partial charge in [0, 0.05) is 57.7 Å². The summed E-state index contributed by atoms with van der Waals surface area (Å²) in [5, 5.41) is 15.5. The number of carbonyl (C=O) groups is 1. The van der Waals surface area contributed by atoms with Crippen LogP contribution in [0.5, 0.6) is 5.75 Å². The van der Waals surface area contributed by atoms with Crippen LogP contribution in [0.3, 0.4) is 0 Å². The number of rotatable bonds is 4. The van der Waals surface area contributed by atoms with Gasteiger partial charge in [-0.2, -0.15) is 23.3 Å². The van der Waals surface area contributed by atoms with E-state index in [0.717, 1.165) is 74.5 Å². The molecular weight excluding hydrogens is 555 g/mol. The van der Waals surface area contributed by atoms with Gasteiger partial charge >= 0.3 is 6.18 Å². The number of nitrogens with one attached hydrogen (secondary N) is 3. The van der Waals surface area contributed by atoms with E-state index in [2.05, 4.69) is 30.9 Å². The summed E-state index contributed by atoms with van der Waals surface area (Å²) in [5.74, 6) is -0.119. The van der Waals surface area contributed by atoms with Gasteiger partial charge in [-0.05, 0) is 53.2 Å². The second-order valence-electron chi connectivity index (χ2n) is 9.69. The highest BCUT2D eigenvalue weighted by Crippen LogP contribution is 2.35. The predicted octanol–water partition coefficient (Wildman–Crippen LogP) is 3.17. The predicted molar refractivity (Wildman–Crippen MR) is 155 cm³/mol. The first-order valence-corrected chi connectivity index (χ1v) is 14.2. The summed E-state index contributed by atoms with van der Waals surface area (Å²) < 4.78 is 47.3. The van der Waals surface area contributed by atoms with Gasteiger partial charge in [-0.25, -0.2) is 0 Å². The van der Waals surface area contributed by atoms with E-state index >= 15 is 0 Å². The van der Waals surface area contributed by atoms with E-state index in [0.29, 0.717) is 10.4 Å². The molecule has 13 heteroatoms. The molecule has 0 atom stereocenters. The molecule has 2 saturated heterocycles. The third-order valence-corrected chi connectivity index (χ3v) is 7.90. The minimum Gasteiger partial charge on any atom is -0.497 e. The maximum atomic E-state index is 13.6. The number of thioether (sulfide) groups is 1. The van der Waals surface area contributed by atoms with Crippen LogP contribution in [-0.4, -0.2) is 85.2 Å². The fraction of sp³-hybridized carbons (Fsp3) is 0.393. The minimum atomic E-state index is -4.51. The molecule has 3 aliphatic heterocycles. The van der Waals surface area contributed by atoms with Crippen molar-refractivity contribution < 1.29 is 22.7 Å². The van der Waals surface area contributed by atoms with Gasteiger partial charge in [-0.1, -0.05) is 12.1 Å². The summed E-state index contributed by atoms with van der Waals surface area (Å²) in [4.78, 5) is 19.3. The lowest BCUT2D eigenvalue weighted by atomic mass is 10.1. The van der Waals surface area contributed by atoms with E-state index in [-0.39, 0.29) is 23.8 Å². The number of carbonyl (C=O) groups excluding carboxylic acids is 1. The molecule has 0 saturated carbocycles.